The molecule has 130 valence electrons. The van der Waals surface area contributed by atoms with Crippen LogP contribution in [-0.2, 0) is 7.05 Å². The number of aromatic nitrogens is 1. The number of benzene rings is 2. The molecular formula is C20H23N3O2. The van der Waals surface area contributed by atoms with E-state index in [0.29, 0.717) is 18.7 Å². The van der Waals surface area contributed by atoms with Gasteiger partial charge in [0.05, 0.1) is 12.1 Å². The molecule has 0 bridgehead atoms. The van der Waals surface area contributed by atoms with Crippen molar-refractivity contribution in [3.05, 3.63) is 48.0 Å². The zero-order valence-corrected chi connectivity index (χ0v) is 14.8. The largest absolute Gasteiger partial charge is 0.390 e. The van der Waals surface area contributed by atoms with Gasteiger partial charge in [-0.05, 0) is 38.4 Å². The molecule has 1 N–H and O–H groups in total. The van der Waals surface area contributed by atoms with Crippen molar-refractivity contribution in [2.75, 3.05) is 27.2 Å². The van der Waals surface area contributed by atoms with Gasteiger partial charge in [0.2, 0.25) is 0 Å². The van der Waals surface area contributed by atoms with Crippen molar-refractivity contribution in [3.8, 4) is 0 Å². The van der Waals surface area contributed by atoms with E-state index in [-0.39, 0.29) is 11.9 Å². The second-order valence-corrected chi connectivity index (χ2v) is 7.12. The number of carbonyl (C=O) groups excluding carboxylic acids is 1. The minimum absolute atomic E-state index is 0.00904. The van der Waals surface area contributed by atoms with Gasteiger partial charge in [-0.3, -0.25) is 4.79 Å². The lowest BCUT2D eigenvalue weighted by Crippen LogP contribution is -2.38. The molecule has 4 rings (SSSR count). The second kappa shape index (κ2) is 5.86. The smallest absolute Gasteiger partial charge is 0.254 e. The summed E-state index contributed by atoms with van der Waals surface area (Å²) < 4.78 is 2.15. The molecule has 2 heterocycles. The molecule has 0 saturated carbocycles. The molecule has 1 fully saturated rings. The van der Waals surface area contributed by atoms with Gasteiger partial charge in [-0.2, -0.15) is 0 Å². The van der Waals surface area contributed by atoms with E-state index in [1.807, 2.05) is 56.4 Å². The molecule has 1 aliphatic rings. The summed E-state index contributed by atoms with van der Waals surface area (Å²) in [5.74, 6) is -0.0155. The molecule has 3 aromatic rings. The Morgan fingerprint density at radius 3 is 2.52 bits per heavy atom. The van der Waals surface area contributed by atoms with Crippen LogP contribution in [0.4, 0.5) is 0 Å². The van der Waals surface area contributed by atoms with Gasteiger partial charge < -0.3 is 19.5 Å². The Kier molecular flexibility index (Phi) is 3.78. The van der Waals surface area contributed by atoms with E-state index in [0.717, 1.165) is 21.8 Å². The van der Waals surface area contributed by atoms with Crippen molar-refractivity contribution in [3.63, 3.8) is 0 Å². The molecule has 2 aromatic carbocycles. The fraction of sp³-hybridized carbons (Fsp3) is 0.350. The minimum Gasteiger partial charge on any atom is -0.390 e. The molecule has 5 nitrogen and oxygen atoms in total. The number of para-hydroxylation sites is 1. The van der Waals surface area contributed by atoms with Gasteiger partial charge in [-0.1, -0.05) is 18.2 Å². The van der Waals surface area contributed by atoms with Crippen molar-refractivity contribution >= 4 is 27.7 Å². The molecule has 0 spiro atoms. The SMILES string of the molecule is CN(C)[C@H]1CN(C(=O)c2ccc3c(c2)c2ccccc2n3C)C[C@@H]1O. The molecule has 25 heavy (non-hydrogen) atoms. The number of hydrogen-bond acceptors (Lipinski definition) is 3. The van der Waals surface area contributed by atoms with Crippen molar-refractivity contribution in [2.24, 2.45) is 7.05 Å². The Labute approximate surface area is 147 Å². The Morgan fingerprint density at radius 2 is 1.80 bits per heavy atom. The lowest BCUT2D eigenvalue weighted by molar-refractivity contribution is 0.0764. The Bertz CT molecular complexity index is 960. The highest BCUT2D eigenvalue weighted by Crippen LogP contribution is 2.29. The highest BCUT2D eigenvalue weighted by atomic mass is 16.3. The first-order valence-corrected chi connectivity index (χ1v) is 8.58. The Hall–Kier alpha value is -2.37. The number of rotatable bonds is 2. The van der Waals surface area contributed by atoms with E-state index in [1.165, 1.54) is 0 Å². The van der Waals surface area contributed by atoms with Gasteiger partial charge in [-0.25, -0.2) is 0 Å². The van der Waals surface area contributed by atoms with Crippen LogP contribution < -0.4 is 0 Å². The zero-order valence-electron chi connectivity index (χ0n) is 14.8. The average Bonchev–Trinajstić information content (AvgIpc) is 3.14. The number of aliphatic hydroxyl groups excluding tert-OH is 1. The van der Waals surface area contributed by atoms with E-state index < -0.39 is 6.10 Å². The molecule has 0 unspecified atom stereocenters. The normalized spacial score (nSPS) is 20.9. The Morgan fingerprint density at radius 1 is 1.08 bits per heavy atom. The lowest BCUT2D eigenvalue weighted by atomic mass is 10.1. The monoisotopic (exact) mass is 337 g/mol. The third-order valence-corrected chi connectivity index (χ3v) is 5.37. The van der Waals surface area contributed by atoms with Crippen LogP contribution in [0.15, 0.2) is 42.5 Å². The summed E-state index contributed by atoms with van der Waals surface area (Å²) in [6.07, 6.45) is -0.500. The molecule has 2 atom stereocenters. The number of β-amino-alcohol motifs (C(OH)–C–C–N with tert-alkyl or cyclic N) is 1. The maximum Gasteiger partial charge on any atom is 0.254 e. The van der Waals surface area contributed by atoms with E-state index in [4.69, 9.17) is 0 Å². The third kappa shape index (κ3) is 2.51. The van der Waals surface area contributed by atoms with Crippen LogP contribution >= 0.6 is 0 Å². The van der Waals surface area contributed by atoms with Crippen LogP contribution in [0.5, 0.6) is 0 Å². The highest BCUT2D eigenvalue weighted by molar-refractivity contribution is 6.10. The van der Waals surface area contributed by atoms with Gasteiger partial charge in [0.15, 0.2) is 0 Å². The number of likely N-dealkylation sites (tertiary alicyclic amines) is 1. The number of amides is 1. The van der Waals surface area contributed by atoms with E-state index >= 15 is 0 Å². The summed E-state index contributed by atoms with van der Waals surface area (Å²) in [5, 5.41) is 12.4. The van der Waals surface area contributed by atoms with Crippen LogP contribution in [0, 0.1) is 0 Å². The molecule has 1 saturated heterocycles. The van der Waals surface area contributed by atoms with Gasteiger partial charge in [0.1, 0.15) is 0 Å². The topological polar surface area (TPSA) is 48.7 Å². The lowest BCUT2D eigenvalue weighted by Gasteiger charge is -2.21. The number of hydrogen-bond donors (Lipinski definition) is 1. The maximum atomic E-state index is 12.9. The third-order valence-electron chi connectivity index (χ3n) is 5.37. The summed E-state index contributed by atoms with van der Waals surface area (Å²) >= 11 is 0. The fourth-order valence-electron chi connectivity index (χ4n) is 3.93. The first-order chi connectivity index (χ1) is 12.0. The summed E-state index contributed by atoms with van der Waals surface area (Å²) in [6, 6.07) is 14.1. The zero-order chi connectivity index (χ0) is 17.7. The molecular weight excluding hydrogens is 314 g/mol. The van der Waals surface area contributed by atoms with Gasteiger partial charge in [0, 0.05) is 47.5 Å². The van der Waals surface area contributed by atoms with Crippen molar-refractivity contribution < 1.29 is 9.90 Å². The van der Waals surface area contributed by atoms with E-state index in [1.54, 1.807) is 4.90 Å². The molecule has 1 amide bonds. The number of aliphatic hydroxyl groups is 1. The number of nitrogens with zero attached hydrogens (tertiary/aromatic N) is 3. The van der Waals surface area contributed by atoms with Crippen LogP contribution in [0.1, 0.15) is 10.4 Å². The highest BCUT2D eigenvalue weighted by Gasteiger charge is 2.35. The van der Waals surface area contributed by atoms with E-state index in [2.05, 4.69) is 16.7 Å². The Balaban J connectivity index is 1.73. The average molecular weight is 337 g/mol. The molecule has 0 radical (unpaired) electrons. The van der Waals surface area contributed by atoms with Crippen LogP contribution in [0.25, 0.3) is 21.8 Å². The molecule has 1 aromatic heterocycles. The molecule has 5 heteroatoms. The number of carbonyl (C=O) groups is 1. The van der Waals surface area contributed by atoms with Crippen molar-refractivity contribution in [1.82, 2.24) is 14.4 Å². The van der Waals surface area contributed by atoms with Gasteiger partial charge in [0.25, 0.3) is 5.91 Å². The quantitative estimate of drug-likeness (QED) is 0.779. The van der Waals surface area contributed by atoms with Crippen molar-refractivity contribution in [1.29, 1.82) is 0 Å². The summed E-state index contributed by atoms with van der Waals surface area (Å²) in [5.41, 5.74) is 2.95. The number of aryl methyl sites for hydroxylation is 1. The summed E-state index contributed by atoms with van der Waals surface area (Å²) in [6.45, 7) is 0.940. The maximum absolute atomic E-state index is 12.9. The van der Waals surface area contributed by atoms with Crippen LogP contribution in [-0.4, -0.2) is 64.7 Å². The fourth-order valence-corrected chi connectivity index (χ4v) is 3.93. The standard InChI is InChI=1S/C20H23N3O2/c1-21(2)18-11-23(12-19(18)24)20(25)13-8-9-17-15(10-13)14-6-4-5-7-16(14)22(17)3/h4-10,18-19,24H,11-12H2,1-3H3/t18-,19-/m0/s1. The number of fused-ring (bicyclic) bond motifs is 3. The van der Waals surface area contributed by atoms with E-state index in [9.17, 15) is 9.90 Å². The van der Waals surface area contributed by atoms with Gasteiger partial charge >= 0.3 is 0 Å². The first kappa shape index (κ1) is 16.1. The first-order valence-electron chi connectivity index (χ1n) is 8.58. The second-order valence-electron chi connectivity index (χ2n) is 7.12. The van der Waals surface area contributed by atoms with Crippen LogP contribution in [0.3, 0.4) is 0 Å². The summed E-state index contributed by atoms with van der Waals surface area (Å²) in [4.78, 5) is 16.7. The predicted molar refractivity (Wildman–Crippen MR) is 99.8 cm³/mol. The number of likely N-dealkylation sites (N-methyl/N-ethyl adjacent to an activating group) is 1. The molecule has 0 aliphatic carbocycles. The van der Waals surface area contributed by atoms with Gasteiger partial charge in [-0.15, -0.1) is 0 Å². The van der Waals surface area contributed by atoms with Crippen LogP contribution in [0.2, 0.25) is 0 Å². The predicted octanol–water partition coefficient (Wildman–Crippen LogP) is 2.08. The van der Waals surface area contributed by atoms with Crippen molar-refractivity contribution in [2.45, 2.75) is 12.1 Å². The minimum atomic E-state index is -0.500. The summed E-state index contributed by atoms with van der Waals surface area (Å²) in [7, 11) is 5.92. The molecule has 1 aliphatic heterocycles.